The lowest BCUT2D eigenvalue weighted by Crippen LogP contribution is -2.02. The largest absolute Gasteiger partial charge is 0.365 e. The molecule has 0 amide bonds. The van der Waals surface area contributed by atoms with Gasteiger partial charge in [0.2, 0.25) is 0 Å². The van der Waals surface area contributed by atoms with Gasteiger partial charge in [0.25, 0.3) is 0 Å². The zero-order valence-electron chi connectivity index (χ0n) is 8.62. The van der Waals surface area contributed by atoms with Crippen LogP contribution in [0.25, 0.3) is 0 Å². The highest BCUT2D eigenvalue weighted by Gasteiger charge is 2.03. The van der Waals surface area contributed by atoms with Gasteiger partial charge in [0.15, 0.2) is 0 Å². The smallest absolute Gasteiger partial charge is 0.148 e. The van der Waals surface area contributed by atoms with Crippen molar-refractivity contribution in [1.29, 1.82) is 0 Å². The number of nitrogens with one attached hydrogen (secondary N) is 1. The van der Waals surface area contributed by atoms with E-state index in [4.69, 9.17) is 23.2 Å². The maximum absolute atomic E-state index is 12.9. The topological polar surface area (TPSA) is 37.8 Å². The molecule has 1 aromatic heterocycles. The molecule has 88 valence electrons. The van der Waals surface area contributed by atoms with Crippen LogP contribution < -0.4 is 5.32 Å². The first-order chi connectivity index (χ1) is 8.16. The summed E-state index contributed by atoms with van der Waals surface area (Å²) in [5.41, 5.74) is 0.839. The minimum Gasteiger partial charge on any atom is -0.365 e. The maximum Gasteiger partial charge on any atom is 0.148 e. The standard InChI is InChI=1S/C11H8Cl2FN3/c12-8-3-7(1-2-10(8)14)4-16-11-9(13)5-15-6-17-11/h1-3,5-6H,4H2,(H,15,16,17). The minimum absolute atomic E-state index is 0.0954. The Bertz CT molecular complexity index is 534. The molecule has 6 heteroatoms. The molecule has 3 nitrogen and oxygen atoms in total. The molecule has 0 saturated carbocycles. The van der Waals surface area contributed by atoms with Crippen molar-refractivity contribution < 1.29 is 4.39 Å². The van der Waals surface area contributed by atoms with Crippen molar-refractivity contribution in [1.82, 2.24) is 9.97 Å². The zero-order chi connectivity index (χ0) is 12.3. The molecule has 0 bridgehead atoms. The fourth-order valence-electron chi connectivity index (χ4n) is 1.28. The molecule has 0 aliphatic carbocycles. The molecule has 2 rings (SSSR count). The molecule has 0 aliphatic heterocycles. The Morgan fingerprint density at radius 1 is 1.24 bits per heavy atom. The molecule has 0 unspecified atom stereocenters. The second-order valence-corrected chi connectivity index (χ2v) is 4.14. The number of nitrogens with zero attached hydrogens (tertiary/aromatic N) is 2. The van der Waals surface area contributed by atoms with Gasteiger partial charge in [0.1, 0.15) is 23.0 Å². The van der Waals surface area contributed by atoms with E-state index in [1.165, 1.54) is 18.6 Å². The van der Waals surface area contributed by atoms with Crippen LogP contribution in [0.15, 0.2) is 30.7 Å². The highest BCUT2D eigenvalue weighted by Crippen LogP contribution is 2.19. The Balaban J connectivity index is 2.08. The Morgan fingerprint density at radius 3 is 2.76 bits per heavy atom. The van der Waals surface area contributed by atoms with Crippen molar-refractivity contribution in [3.05, 3.63) is 52.1 Å². The summed E-state index contributed by atoms with van der Waals surface area (Å²) in [4.78, 5) is 7.74. The number of halogens is 3. The van der Waals surface area contributed by atoms with Crippen molar-refractivity contribution >= 4 is 29.0 Å². The number of anilines is 1. The van der Waals surface area contributed by atoms with Crippen LogP contribution in [0, 0.1) is 5.82 Å². The predicted molar refractivity (Wildman–Crippen MR) is 65.8 cm³/mol. The van der Waals surface area contributed by atoms with E-state index in [9.17, 15) is 4.39 Å². The predicted octanol–water partition coefficient (Wildman–Crippen LogP) is 3.53. The van der Waals surface area contributed by atoms with Gasteiger partial charge in [-0.1, -0.05) is 29.3 Å². The molecule has 0 aliphatic rings. The minimum atomic E-state index is -0.435. The lowest BCUT2D eigenvalue weighted by Gasteiger charge is -2.07. The summed E-state index contributed by atoms with van der Waals surface area (Å²) in [6, 6.07) is 4.52. The number of hydrogen-bond acceptors (Lipinski definition) is 3. The van der Waals surface area contributed by atoms with Crippen LogP contribution in [0.1, 0.15) is 5.56 Å². The van der Waals surface area contributed by atoms with Gasteiger partial charge in [-0.05, 0) is 17.7 Å². The zero-order valence-corrected chi connectivity index (χ0v) is 10.1. The third-order valence-corrected chi connectivity index (χ3v) is 2.68. The number of hydrogen-bond donors (Lipinski definition) is 1. The molecule has 0 atom stereocenters. The fraction of sp³-hybridized carbons (Fsp3) is 0.0909. The van der Waals surface area contributed by atoms with E-state index in [1.54, 1.807) is 12.1 Å². The van der Waals surface area contributed by atoms with E-state index in [-0.39, 0.29) is 5.02 Å². The van der Waals surface area contributed by atoms with Crippen LogP contribution >= 0.6 is 23.2 Å². The van der Waals surface area contributed by atoms with Gasteiger partial charge in [0.05, 0.1) is 11.2 Å². The van der Waals surface area contributed by atoms with Gasteiger partial charge in [-0.15, -0.1) is 0 Å². The summed E-state index contributed by atoms with van der Waals surface area (Å²) in [7, 11) is 0. The third kappa shape index (κ3) is 3.05. The molecule has 1 N–H and O–H groups in total. The second-order valence-electron chi connectivity index (χ2n) is 3.32. The lowest BCUT2D eigenvalue weighted by atomic mass is 10.2. The van der Waals surface area contributed by atoms with Crippen molar-refractivity contribution in [2.24, 2.45) is 0 Å². The fourth-order valence-corrected chi connectivity index (χ4v) is 1.65. The van der Waals surface area contributed by atoms with Crippen LogP contribution in [-0.4, -0.2) is 9.97 Å². The Labute approximate surface area is 108 Å². The van der Waals surface area contributed by atoms with E-state index in [1.807, 2.05) is 0 Å². The van der Waals surface area contributed by atoms with Crippen molar-refractivity contribution in [3.8, 4) is 0 Å². The molecule has 17 heavy (non-hydrogen) atoms. The maximum atomic E-state index is 12.9. The van der Waals surface area contributed by atoms with E-state index < -0.39 is 5.82 Å². The molecule has 0 saturated heterocycles. The molecular formula is C11H8Cl2FN3. The van der Waals surface area contributed by atoms with Gasteiger partial charge < -0.3 is 5.32 Å². The molecule has 1 heterocycles. The second kappa shape index (κ2) is 5.29. The Kier molecular flexibility index (Phi) is 3.76. The monoisotopic (exact) mass is 271 g/mol. The molecule has 1 aromatic carbocycles. The highest BCUT2D eigenvalue weighted by molar-refractivity contribution is 6.32. The lowest BCUT2D eigenvalue weighted by molar-refractivity contribution is 0.627. The average molecular weight is 272 g/mol. The van der Waals surface area contributed by atoms with Gasteiger partial charge in [-0.2, -0.15) is 0 Å². The SMILES string of the molecule is Fc1ccc(CNc2ncncc2Cl)cc1Cl. The summed E-state index contributed by atoms with van der Waals surface area (Å²) in [6.07, 6.45) is 2.89. The average Bonchev–Trinajstić information content (AvgIpc) is 2.32. The summed E-state index contributed by atoms with van der Waals surface area (Å²) in [5, 5.41) is 3.54. The number of rotatable bonds is 3. The molecule has 0 spiro atoms. The van der Waals surface area contributed by atoms with Crippen LogP contribution in [0.4, 0.5) is 10.2 Å². The van der Waals surface area contributed by atoms with Gasteiger partial charge >= 0.3 is 0 Å². The van der Waals surface area contributed by atoms with Crippen LogP contribution in [-0.2, 0) is 6.54 Å². The van der Waals surface area contributed by atoms with Gasteiger partial charge in [-0.25, -0.2) is 14.4 Å². The number of aromatic nitrogens is 2. The van der Waals surface area contributed by atoms with Gasteiger partial charge in [0, 0.05) is 6.54 Å². The molecular weight excluding hydrogens is 264 g/mol. The summed E-state index contributed by atoms with van der Waals surface area (Å²) in [6.45, 7) is 0.455. The normalized spacial score (nSPS) is 10.3. The highest BCUT2D eigenvalue weighted by atomic mass is 35.5. The Hall–Kier alpha value is -1.39. The van der Waals surface area contributed by atoms with Crippen LogP contribution in [0.5, 0.6) is 0 Å². The van der Waals surface area contributed by atoms with Crippen molar-refractivity contribution in [2.75, 3.05) is 5.32 Å². The van der Waals surface area contributed by atoms with E-state index in [0.29, 0.717) is 17.4 Å². The van der Waals surface area contributed by atoms with Crippen molar-refractivity contribution in [3.63, 3.8) is 0 Å². The van der Waals surface area contributed by atoms with Crippen LogP contribution in [0.2, 0.25) is 10.0 Å². The third-order valence-electron chi connectivity index (χ3n) is 2.11. The van der Waals surface area contributed by atoms with E-state index in [2.05, 4.69) is 15.3 Å². The van der Waals surface area contributed by atoms with Crippen molar-refractivity contribution in [2.45, 2.75) is 6.54 Å². The summed E-state index contributed by atoms with van der Waals surface area (Å²) in [5.74, 6) is 0.0950. The van der Waals surface area contributed by atoms with E-state index in [0.717, 1.165) is 5.56 Å². The van der Waals surface area contributed by atoms with E-state index >= 15 is 0 Å². The molecule has 0 radical (unpaired) electrons. The Morgan fingerprint density at radius 2 is 2.06 bits per heavy atom. The molecule has 0 fully saturated rings. The van der Waals surface area contributed by atoms with Crippen LogP contribution in [0.3, 0.4) is 0 Å². The van der Waals surface area contributed by atoms with Gasteiger partial charge in [-0.3, -0.25) is 0 Å². The quantitative estimate of drug-likeness (QED) is 0.928. The first-order valence-electron chi connectivity index (χ1n) is 4.80. The first-order valence-corrected chi connectivity index (χ1v) is 5.55. The molecule has 2 aromatic rings. The number of benzene rings is 1. The summed E-state index contributed by atoms with van der Waals surface area (Å²) < 4.78 is 12.9. The first kappa shape index (κ1) is 12.1. The summed E-state index contributed by atoms with van der Waals surface area (Å²) >= 11 is 11.5.